The lowest BCUT2D eigenvalue weighted by molar-refractivity contribution is -0.140. The molecule has 1 unspecified atom stereocenters. The smallest absolute Gasteiger partial charge is 0.326 e. The summed E-state index contributed by atoms with van der Waals surface area (Å²) in [5, 5.41) is 13.3. The summed E-state index contributed by atoms with van der Waals surface area (Å²) in [5.41, 5.74) is 4.85. The standard InChI is InChI=1S/C9H17N3O4/c1-2-3-4-11-9(16)12-6(8(14)15)5-7(10)13/h6H,2-5H2,1H3,(H2,10,13)(H,14,15)(H2,11,12,16). The highest BCUT2D eigenvalue weighted by Crippen LogP contribution is 1.91. The van der Waals surface area contributed by atoms with Crippen LogP contribution in [0.25, 0.3) is 0 Å². The number of carbonyl (C=O) groups is 3. The fourth-order valence-corrected chi connectivity index (χ4v) is 0.989. The number of carboxylic acid groups (broad SMARTS) is 1. The third-order valence-corrected chi connectivity index (χ3v) is 1.82. The third-order valence-electron chi connectivity index (χ3n) is 1.82. The average Bonchev–Trinajstić information content (AvgIpc) is 2.16. The molecule has 0 aliphatic heterocycles. The Balaban J connectivity index is 4.03. The van der Waals surface area contributed by atoms with Gasteiger partial charge in [0.2, 0.25) is 5.91 Å². The van der Waals surface area contributed by atoms with Gasteiger partial charge in [0.05, 0.1) is 6.42 Å². The molecule has 0 aliphatic carbocycles. The monoisotopic (exact) mass is 231 g/mol. The van der Waals surface area contributed by atoms with Crippen LogP contribution in [0, 0.1) is 0 Å². The van der Waals surface area contributed by atoms with Gasteiger partial charge >= 0.3 is 12.0 Å². The van der Waals surface area contributed by atoms with E-state index in [1.54, 1.807) is 0 Å². The topological polar surface area (TPSA) is 122 Å². The Morgan fingerprint density at radius 2 is 2.00 bits per heavy atom. The van der Waals surface area contributed by atoms with Crippen molar-refractivity contribution in [3.8, 4) is 0 Å². The molecule has 0 fully saturated rings. The Morgan fingerprint density at radius 3 is 2.44 bits per heavy atom. The molecule has 7 heteroatoms. The number of amides is 3. The minimum absolute atomic E-state index is 0.420. The van der Waals surface area contributed by atoms with E-state index in [1.807, 2.05) is 6.92 Å². The molecule has 0 radical (unpaired) electrons. The summed E-state index contributed by atoms with van der Waals surface area (Å²) in [6.07, 6.45) is 1.31. The summed E-state index contributed by atoms with van der Waals surface area (Å²) in [7, 11) is 0. The molecule has 0 aromatic rings. The molecule has 5 N–H and O–H groups in total. The van der Waals surface area contributed by atoms with Crippen molar-refractivity contribution in [2.24, 2.45) is 5.73 Å². The fraction of sp³-hybridized carbons (Fsp3) is 0.667. The number of nitrogens with one attached hydrogen (secondary N) is 2. The summed E-state index contributed by atoms with van der Waals surface area (Å²) in [6.45, 7) is 2.43. The van der Waals surface area contributed by atoms with Gasteiger partial charge < -0.3 is 21.5 Å². The van der Waals surface area contributed by atoms with Crippen LogP contribution in [0.4, 0.5) is 4.79 Å². The van der Waals surface area contributed by atoms with Crippen LogP contribution < -0.4 is 16.4 Å². The maximum absolute atomic E-state index is 11.2. The molecular formula is C9H17N3O4. The largest absolute Gasteiger partial charge is 0.480 e. The maximum atomic E-state index is 11.2. The predicted molar refractivity (Wildman–Crippen MR) is 56.7 cm³/mol. The van der Waals surface area contributed by atoms with E-state index >= 15 is 0 Å². The van der Waals surface area contributed by atoms with Crippen molar-refractivity contribution < 1.29 is 19.5 Å². The molecule has 16 heavy (non-hydrogen) atoms. The normalized spacial score (nSPS) is 11.6. The summed E-state index contributed by atoms with van der Waals surface area (Å²) in [6, 6.07) is -1.89. The summed E-state index contributed by atoms with van der Waals surface area (Å²) in [4.78, 5) is 32.4. The maximum Gasteiger partial charge on any atom is 0.326 e. The average molecular weight is 231 g/mol. The van der Waals surface area contributed by atoms with Gasteiger partial charge in [-0.3, -0.25) is 4.79 Å². The third kappa shape index (κ3) is 6.63. The van der Waals surface area contributed by atoms with Crippen LogP contribution in [0.3, 0.4) is 0 Å². The van der Waals surface area contributed by atoms with E-state index in [-0.39, 0.29) is 0 Å². The van der Waals surface area contributed by atoms with Crippen molar-refractivity contribution in [2.45, 2.75) is 32.2 Å². The quantitative estimate of drug-likeness (QED) is 0.437. The molecule has 0 spiro atoms. The van der Waals surface area contributed by atoms with Crippen molar-refractivity contribution in [2.75, 3.05) is 6.54 Å². The zero-order valence-electron chi connectivity index (χ0n) is 9.16. The highest BCUT2D eigenvalue weighted by atomic mass is 16.4. The lowest BCUT2D eigenvalue weighted by atomic mass is 10.2. The van der Waals surface area contributed by atoms with Gasteiger partial charge in [-0.2, -0.15) is 0 Å². The van der Waals surface area contributed by atoms with E-state index < -0.39 is 30.4 Å². The molecule has 3 amide bonds. The van der Waals surface area contributed by atoms with E-state index in [0.717, 1.165) is 12.8 Å². The van der Waals surface area contributed by atoms with Crippen molar-refractivity contribution in [3.63, 3.8) is 0 Å². The second-order valence-electron chi connectivity index (χ2n) is 3.32. The Labute approximate surface area is 93.4 Å². The molecular weight excluding hydrogens is 214 g/mol. The molecule has 0 bridgehead atoms. The molecule has 0 heterocycles. The van der Waals surface area contributed by atoms with Crippen LogP contribution >= 0.6 is 0 Å². The minimum atomic E-state index is -1.29. The van der Waals surface area contributed by atoms with E-state index in [0.29, 0.717) is 6.54 Å². The van der Waals surface area contributed by atoms with Gasteiger partial charge in [-0.05, 0) is 6.42 Å². The predicted octanol–water partition coefficient (Wildman–Crippen LogP) is -0.586. The number of rotatable bonds is 7. The van der Waals surface area contributed by atoms with Gasteiger partial charge in [-0.25, -0.2) is 9.59 Å². The van der Waals surface area contributed by atoms with Gasteiger partial charge in [0.1, 0.15) is 6.04 Å². The highest BCUT2D eigenvalue weighted by Gasteiger charge is 2.21. The SMILES string of the molecule is CCCCNC(=O)NC(CC(N)=O)C(=O)O. The van der Waals surface area contributed by atoms with E-state index in [2.05, 4.69) is 10.6 Å². The lowest BCUT2D eigenvalue weighted by Gasteiger charge is -2.13. The Bertz CT molecular complexity index is 267. The fourth-order valence-electron chi connectivity index (χ4n) is 0.989. The van der Waals surface area contributed by atoms with E-state index in [4.69, 9.17) is 10.8 Å². The number of carboxylic acids is 1. The summed E-state index contributed by atoms with van der Waals surface area (Å²) >= 11 is 0. The molecule has 0 saturated carbocycles. The summed E-state index contributed by atoms with van der Waals surface area (Å²) < 4.78 is 0. The van der Waals surface area contributed by atoms with Crippen LogP contribution in [0.2, 0.25) is 0 Å². The number of aliphatic carboxylic acids is 1. The van der Waals surface area contributed by atoms with Gasteiger partial charge in [-0.15, -0.1) is 0 Å². The van der Waals surface area contributed by atoms with Crippen LogP contribution in [-0.2, 0) is 9.59 Å². The van der Waals surface area contributed by atoms with E-state index in [9.17, 15) is 14.4 Å². The zero-order valence-corrected chi connectivity index (χ0v) is 9.16. The molecule has 0 rings (SSSR count). The summed E-state index contributed by atoms with van der Waals surface area (Å²) in [5.74, 6) is -2.06. The van der Waals surface area contributed by atoms with E-state index in [1.165, 1.54) is 0 Å². The van der Waals surface area contributed by atoms with Crippen molar-refractivity contribution in [1.29, 1.82) is 0 Å². The van der Waals surface area contributed by atoms with Crippen molar-refractivity contribution in [3.05, 3.63) is 0 Å². The van der Waals surface area contributed by atoms with Crippen molar-refractivity contribution >= 4 is 17.9 Å². The van der Waals surface area contributed by atoms with Crippen LogP contribution in [0.5, 0.6) is 0 Å². The molecule has 0 saturated heterocycles. The number of unbranched alkanes of at least 4 members (excludes halogenated alkanes) is 1. The van der Waals surface area contributed by atoms with Gasteiger partial charge in [0.25, 0.3) is 0 Å². The zero-order chi connectivity index (χ0) is 12.6. The van der Waals surface area contributed by atoms with Crippen LogP contribution in [0.1, 0.15) is 26.2 Å². The number of urea groups is 1. The van der Waals surface area contributed by atoms with Gasteiger partial charge in [0.15, 0.2) is 0 Å². The van der Waals surface area contributed by atoms with Crippen LogP contribution in [-0.4, -0.2) is 35.6 Å². The number of hydrogen-bond donors (Lipinski definition) is 4. The number of primary amides is 1. The second-order valence-corrected chi connectivity index (χ2v) is 3.32. The molecule has 7 nitrogen and oxygen atoms in total. The first-order valence-electron chi connectivity index (χ1n) is 5.02. The number of nitrogens with two attached hydrogens (primary N) is 1. The number of carbonyl (C=O) groups excluding carboxylic acids is 2. The van der Waals surface area contributed by atoms with Gasteiger partial charge in [-0.1, -0.05) is 13.3 Å². The first kappa shape index (κ1) is 14.2. The Hall–Kier alpha value is -1.79. The lowest BCUT2D eigenvalue weighted by Crippen LogP contribution is -2.47. The van der Waals surface area contributed by atoms with Crippen LogP contribution in [0.15, 0.2) is 0 Å². The Morgan fingerprint density at radius 1 is 1.38 bits per heavy atom. The molecule has 92 valence electrons. The molecule has 0 aromatic carbocycles. The van der Waals surface area contributed by atoms with Gasteiger partial charge in [0, 0.05) is 6.54 Å². The molecule has 0 aromatic heterocycles. The highest BCUT2D eigenvalue weighted by molar-refractivity contribution is 5.87. The first-order valence-corrected chi connectivity index (χ1v) is 5.02. The Kier molecular flexibility index (Phi) is 6.66. The molecule has 1 atom stereocenters. The second kappa shape index (κ2) is 7.49. The van der Waals surface area contributed by atoms with Crippen molar-refractivity contribution in [1.82, 2.24) is 10.6 Å². The molecule has 0 aliphatic rings. The minimum Gasteiger partial charge on any atom is -0.480 e. The first-order chi connectivity index (χ1) is 7.47. The number of hydrogen-bond acceptors (Lipinski definition) is 3.